The van der Waals surface area contributed by atoms with Crippen LogP contribution in [0.2, 0.25) is 0 Å². The zero-order chi connectivity index (χ0) is 15.6. The maximum absolute atomic E-state index is 13.2. The average Bonchev–Trinajstić information content (AvgIpc) is 2.42. The van der Waals surface area contributed by atoms with Crippen molar-refractivity contribution in [3.05, 3.63) is 63.2 Å². The fraction of sp³-hybridized carbons (Fsp3) is 0.267. The van der Waals surface area contributed by atoms with Gasteiger partial charge in [0.15, 0.2) is 0 Å². The minimum absolute atomic E-state index is 0.0955. The van der Waals surface area contributed by atoms with Crippen LogP contribution in [0.4, 0.5) is 15.8 Å². The first-order valence-electron chi connectivity index (χ1n) is 6.51. The normalized spacial score (nSPS) is 12.0. The molecule has 110 valence electrons. The lowest BCUT2D eigenvalue weighted by Crippen LogP contribution is -2.09. The lowest BCUT2D eigenvalue weighted by molar-refractivity contribution is -0.385. The molecule has 1 aromatic heterocycles. The molecule has 0 saturated carbocycles. The zero-order valence-electron chi connectivity index (χ0n) is 12.1. The molecule has 2 aromatic rings. The lowest BCUT2D eigenvalue weighted by Gasteiger charge is -2.17. The fourth-order valence-corrected chi connectivity index (χ4v) is 2.13. The molecule has 0 aliphatic rings. The maximum Gasteiger partial charge on any atom is 0.272 e. The van der Waals surface area contributed by atoms with E-state index in [4.69, 9.17) is 0 Å². The number of aromatic nitrogens is 1. The molecule has 0 aliphatic carbocycles. The predicted octanol–water partition coefficient (Wildman–Crippen LogP) is 3.92. The highest BCUT2D eigenvalue weighted by Gasteiger charge is 2.15. The smallest absolute Gasteiger partial charge is 0.272 e. The van der Waals surface area contributed by atoms with Gasteiger partial charge in [-0.1, -0.05) is 0 Å². The van der Waals surface area contributed by atoms with Gasteiger partial charge < -0.3 is 5.32 Å². The van der Waals surface area contributed by atoms with Crippen molar-refractivity contribution in [2.24, 2.45) is 0 Å². The molecule has 1 heterocycles. The number of hydrogen-bond acceptors (Lipinski definition) is 4. The van der Waals surface area contributed by atoms with E-state index in [0.717, 1.165) is 17.4 Å². The lowest BCUT2D eigenvalue weighted by atomic mass is 10.1. The summed E-state index contributed by atoms with van der Waals surface area (Å²) >= 11 is 0. The second-order valence-electron chi connectivity index (χ2n) is 5.01. The summed E-state index contributed by atoms with van der Waals surface area (Å²) in [7, 11) is 0. The van der Waals surface area contributed by atoms with Crippen LogP contribution < -0.4 is 5.32 Å². The summed E-state index contributed by atoms with van der Waals surface area (Å²) in [6.45, 7) is 5.37. The summed E-state index contributed by atoms with van der Waals surface area (Å²) in [5, 5.41) is 14.1. The Balaban J connectivity index is 2.27. The van der Waals surface area contributed by atoms with Gasteiger partial charge in [-0.3, -0.25) is 15.1 Å². The number of nitro groups is 1. The van der Waals surface area contributed by atoms with Gasteiger partial charge in [0.2, 0.25) is 0 Å². The van der Waals surface area contributed by atoms with Gasteiger partial charge in [-0.25, -0.2) is 4.39 Å². The van der Waals surface area contributed by atoms with Crippen LogP contribution in [0.3, 0.4) is 0 Å². The summed E-state index contributed by atoms with van der Waals surface area (Å²) in [4.78, 5) is 14.3. The molecule has 0 bridgehead atoms. The predicted molar refractivity (Wildman–Crippen MR) is 78.8 cm³/mol. The molecule has 0 amide bonds. The van der Waals surface area contributed by atoms with Gasteiger partial charge in [-0.05, 0) is 44.0 Å². The van der Waals surface area contributed by atoms with Crippen LogP contribution in [-0.2, 0) is 0 Å². The van der Waals surface area contributed by atoms with E-state index in [9.17, 15) is 14.5 Å². The number of rotatable bonds is 4. The molecule has 1 N–H and O–H groups in total. The van der Waals surface area contributed by atoms with Crippen molar-refractivity contribution in [2.45, 2.75) is 26.8 Å². The number of hydrogen-bond donors (Lipinski definition) is 1. The number of nitrogens with zero attached hydrogens (tertiary/aromatic N) is 2. The molecule has 2 rings (SSSR count). The third-order valence-corrected chi connectivity index (χ3v) is 3.34. The van der Waals surface area contributed by atoms with E-state index in [-0.39, 0.29) is 11.7 Å². The molecule has 0 aliphatic heterocycles. The first kappa shape index (κ1) is 14.9. The Bertz CT molecular complexity index is 689. The molecular formula is C15H16FN3O2. The summed E-state index contributed by atoms with van der Waals surface area (Å²) in [6, 6.07) is 4.52. The van der Waals surface area contributed by atoms with Crippen molar-refractivity contribution >= 4 is 11.4 Å². The van der Waals surface area contributed by atoms with Crippen LogP contribution in [0.1, 0.15) is 29.7 Å². The second kappa shape index (κ2) is 5.87. The van der Waals surface area contributed by atoms with Crippen LogP contribution in [0.25, 0.3) is 0 Å². The molecule has 21 heavy (non-hydrogen) atoms. The number of aryl methyl sites for hydroxylation is 2. The Hall–Kier alpha value is -2.50. The summed E-state index contributed by atoms with van der Waals surface area (Å²) in [5.74, 6) is -0.391. The minimum Gasteiger partial charge on any atom is -0.378 e. The minimum atomic E-state index is -0.397. The van der Waals surface area contributed by atoms with E-state index < -0.39 is 10.7 Å². The zero-order valence-corrected chi connectivity index (χ0v) is 12.1. The van der Waals surface area contributed by atoms with Crippen molar-refractivity contribution in [1.29, 1.82) is 0 Å². The molecule has 0 radical (unpaired) electrons. The molecule has 0 fully saturated rings. The number of nitro benzene ring substituents is 1. The number of anilines is 1. The highest BCUT2D eigenvalue weighted by molar-refractivity contribution is 5.60. The Kier molecular flexibility index (Phi) is 4.16. The van der Waals surface area contributed by atoms with Gasteiger partial charge in [0, 0.05) is 23.5 Å². The first-order chi connectivity index (χ1) is 9.88. The van der Waals surface area contributed by atoms with E-state index in [1.54, 1.807) is 26.1 Å². The topological polar surface area (TPSA) is 68.1 Å². The van der Waals surface area contributed by atoms with Gasteiger partial charge in [-0.2, -0.15) is 0 Å². The van der Waals surface area contributed by atoms with Gasteiger partial charge >= 0.3 is 0 Å². The largest absolute Gasteiger partial charge is 0.378 e. The quantitative estimate of drug-likeness (QED) is 0.684. The van der Waals surface area contributed by atoms with Crippen LogP contribution in [0.15, 0.2) is 30.6 Å². The number of halogens is 1. The third kappa shape index (κ3) is 3.34. The SMILES string of the molecule is Cc1cc([N+](=O)[O-])c(C)cc1NC(C)c1cncc(F)c1. The van der Waals surface area contributed by atoms with Crippen molar-refractivity contribution in [1.82, 2.24) is 4.98 Å². The van der Waals surface area contributed by atoms with Crippen LogP contribution >= 0.6 is 0 Å². The monoisotopic (exact) mass is 289 g/mol. The van der Waals surface area contributed by atoms with Crippen molar-refractivity contribution in [3.63, 3.8) is 0 Å². The molecule has 1 aromatic carbocycles. The Morgan fingerprint density at radius 1 is 1.24 bits per heavy atom. The molecule has 5 nitrogen and oxygen atoms in total. The Morgan fingerprint density at radius 2 is 1.95 bits per heavy atom. The second-order valence-corrected chi connectivity index (χ2v) is 5.01. The van der Waals surface area contributed by atoms with Crippen molar-refractivity contribution in [3.8, 4) is 0 Å². The molecular weight excluding hydrogens is 273 g/mol. The first-order valence-corrected chi connectivity index (χ1v) is 6.51. The highest BCUT2D eigenvalue weighted by atomic mass is 19.1. The van der Waals surface area contributed by atoms with Gasteiger partial charge in [-0.15, -0.1) is 0 Å². The van der Waals surface area contributed by atoms with E-state index in [1.807, 2.05) is 6.92 Å². The number of nitrogens with one attached hydrogen (secondary N) is 1. The molecule has 0 spiro atoms. The van der Waals surface area contributed by atoms with Gasteiger partial charge in [0.1, 0.15) is 5.82 Å². The van der Waals surface area contributed by atoms with Crippen LogP contribution in [-0.4, -0.2) is 9.91 Å². The fourth-order valence-electron chi connectivity index (χ4n) is 2.13. The third-order valence-electron chi connectivity index (χ3n) is 3.34. The number of pyridine rings is 1. The van der Waals surface area contributed by atoms with E-state index in [2.05, 4.69) is 10.3 Å². The van der Waals surface area contributed by atoms with Crippen LogP contribution in [0, 0.1) is 29.8 Å². The van der Waals surface area contributed by atoms with E-state index in [0.29, 0.717) is 11.1 Å². The van der Waals surface area contributed by atoms with E-state index >= 15 is 0 Å². The summed E-state index contributed by atoms with van der Waals surface area (Å²) in [6.07, 6.45) is 2.74. The Labute approximate surface area is 122 Å². The van der Waals surface area contributed by atoms with Crippen molar-refractivity contribution < 1.29 is 9.31 Å². The molecule has 6 heteroatoms. The number of benzene rings is 1. The average molecular weight is 289 g/mol. The summed E-state index contributed by atoms with van der Waals surface area (Å²) < 4.78 is 13.2. The molecule has 1 unspecified atom stereocenters. The van der Waals surface area contributed by atoms with Crippen LogP contribution in [0.5, 0.6) is 0 Å². The standard InChI is InChI=1S/C15H16FN3O2/c1-9-5-15(19(20)21)10(2)4-14(9)18-11(3)12-6-13(16)8-17-7-12/h4-8,11,18H,1-3H3. The maximum atomic E-state index is 13.2. The molecule has 0 saturated heterocycles. The van der Waals surface area contributed by atoms with Gasteiger partial charge in [0.25, 0.3) is 5.69 Å². The van der Waals surface area contributed by atoms with Crippen molar-refractivity contribution in [2.75, 3.05) is 5.32 Å². The van der Waals surface area contributed by atoms with E-state index in [1.165, 1.54) is 12.1 Å². The highest BCUT2D eigenvalue weighted by Crippen LogP contribution is 2.28. The van der Waals surface area contributed by atoms with Gasteiger partial charge in [0.05, 0.1) is 17.2 Å². The molecule has 1 atom stereocenters. The Morgan fingerprint density at radius 3 is 2.57 bits per heavy atom. The summed E-state index contributed by atoms with van der Waals surface area (Å²) in [5.41, 5.74) is 2.94.